The number of benzene rings is 1. The molecular weight excluding hydrogens is 420 g/mol. The molecular formula is C21H36N4O5S. The van der Waals surface area contributed by atoms with Gasteiger partial charge in [-0.05, 0) is 49.8 Å². The number of hydrogen-bond donors (Lipinski definition) is 4. The van der Waals surface area contributed by atoms with E-state index >= 15 is 0 Å². The van der Waals surface area contributed by atoms with Gasteiger partial charge in [-0.1, -0.05) is 40.7 Å². The zero-order valence-electron chi connectivity index (χ0n) is 19.4. The highest BCUT2D eigenvalue weighted by atomic mass is 32.2. The maximum absolute atomic E-state index is 13.6. The Kier molecular flexibility index (Phi) is 9.46. The Bertz CT molecular complexity index is 863. The van der Waals surface area contributed by atoms with Crippen molar-refractivity contribution in [2.45, 2.75) is 71.9 Å². The van der Waals surface area contributed by atoms with Crippen molar-refractivity contribution in [3.63, 3.8) is 0 Å². The molecule has 0 saturated heterocycles. The zero-order chi connectivity index (χ0) is 24.0. The largest absolute Gasteiger partial charge is 0.336 e. The lowest BCUT2D eigenvalue weighted by molar-refractivity contribution is -0.136. The molecule has 1 atom stereocenters. The van der Waals surface area contributed by atoms with Gasteiger partial charge in [0.05, 0.1) is 4.90 Å². The second-order valence-electron chi connectivity index (χ2n) is 9.32. The maximum atomic E-state index is 13.6. The molecule has 31 heavy (non-hydrogen) atoms. The number of carbonyl (C=O) groups is 2. The predicted molar refractivity (Wildman–Crippen MR) is 120 cm³/mol. The van der Waals surface area contributed by atoms with Crippen LogP contribution >= 0.6 is 0 Å². The lowest BCUT2D eigenvalue weighted by Gasteiger charge is -2.38. The van der Waals surface area contributed by atoms with E-state index in [1.807, 2.05) is 27.7 Å². The van der Waals surface area contributed by atoms with Gasteiger partial charge in [0.2, 0.25) is 10.0 Å². The molecule has 0 saturated carbocycles. The summed E-state index contributed by atoms with van der Waals surface area (Å²) in [5.41, 5.74) is 1.13. The average Bonchev–Trinajstić information content (AvgIpc) is 2.62. The van der Waals surface area contributed by atoms with Crippen LogP contribution in [0.4, 0.5) is 10.5 Å². The van der Waals surface area contributed by atoms with Crippen molar-refractivity contribution in [3.8, 4) is 0 Å². The first-order valence-electron chi connectivity index (χ1n) is 10.3. The average molecular weight is 457 g/mol. The van der Waals surface area contributed by atoms with Crippen LogP contribution in [0.15, 0.2) is 29.2 Å². The summed E-state index contributed by atoms with van der Waals surface area (Å²) in [5.74, 6) is -0.603. The quantitative estimate of drug-likeness (QED) is 0.335. The van der Waals surface area contributed by atoms with Crippen LogP contribution in [0.1, 0.15) is 54.9 Å². The standard InChI is InChI=1S/C21H36N4O5S/c1-14(2)11-12-25(18(19(26)24-28)21(5,6)7)31(29,30)17-10-8-9-16(13-17)23-20(27)22-15(3)4/h8-10,13-15,18,28H,11-12H2,1-7H3,(H,24,26)(H2,22,23,27)/t18-/m0/s1. The molecule has 1 aromatic rings. The molecule has 0 heterocycles. The van der Waals surface area contributed by atoms with E-state index < -0.39 is 33.4 Å². The maximum Gasteiger partial charge on any atom is 0.319 e. The molecule has 10 heteroatoms. The molecule has 0 aliphatic rings. The third kappa shape index (κ3) is 7.79. The first kappa shape index (κ1) is 26.9. The molecule has 4 N–H and O–H groups in total. The van der Waals surface area contributed by atoms with Crippen LogP contribution in [0.25, 0.3) is 0 Å². The summed E-state index contributed by atoms with van der Waals surface area (Å²) in [4.78, 5) is 24.4. The van der Waals surface area contributed by atoms with E-state index in [9.17, 15) is 23.2 Å². The highest BCUT2D eigenvalue weighted by molar-refractivity contribution is 7.89. The lowest BCUT2D eigenvalue weighted by atomic mass is 9.86. The third-order valence-corrected chi connectivity index (χ3v) is 6.37. The fraction of sp³-hybridized carbons (Fsp3) is 0.619. The smallest absolute Gasteiger partial charge is 0.319 e. The topological polar surface area (TPSA) is 128 Å². The molecule has 0 aliphatic heterocycles. The van der Waals surface area contributed by atoms with Crippen LogP contribution in [0, 0.1) is 11.3 Å². The van der Waals surface area contributed by atoms with Gasteiger partial charge >= 0.3 is 6.03 Å². The summed E-state index contributed by atoms with van der Waals surface area (Å²) >= 11 is 0. The van der Waals surface area contributed by atoms with Gasteiger partial charge in [0.1, 0.15) is 6.04 Å². The number of carbonyl (C=O) groups excluding carboxylic acids is 2. The van der Waals surface area contributed by atoms with E-state index in [1.54, 1.807) is 32.3 Å². The van der Waals surface area contributed by atoms with Crippen LogP contribution in [0.5, 0.6) is 0 Å². The van der Waals surface area contributed by atoms with Gasteiger partial charge in [-0.25, -0.2) is 18.7 Å². The number of rotatable bonds is 9. The van der Waals surface area contributed by atoms with E-state index in [0.29, 0.717) is 12.1 Å². The highest BCUT2D eigenvalue weighted by Crippen LogP contribution is 2.31. The number of amides is 3. The number of hydrogen-bond acceptors (Lipinski definition) is 5. The highest BCUT2D eigenvalue weighted by Gasteiger charge is 2.42. The Morgan fingerprint density at radius 3 is 2.23 bits per heavy atom. The van der Waals surface area contributed by atoms with Gasteiger partial charge in [-0.2, -0.15) is 4.31 Å². The molecule has 3 amide bonds. The number of sulfonamides is 1. The van der Waals surface area contributed by atoms with E-state index in [-0.39, 0.29) is 23.4 Å². The summed E-state index contributed by atoms with van der Waals surface area (Å²) in [6.07, 6.45) is 0.527. The molecule has 0 radical (unpaired) electrons. The first-order chi connectivity index (χ1) is 14.2. The molecule has 0 aliphatic carbocycles. The van der Waals surface area contributed by atoms with Gasteiger partial charge in [0, 0.05) is 18.3 Å². The number of nitrogens with one attached hydrogen (secondary N) is 3. The second-order valence-corrected chi connectivity index (χ2v) is 11.2. The van der Waals surface area contributed by atoms with Crippen LogP contribution < -0.4 is 16.1 Å². The van der Waals surface area contributed by atoms with Gasteiger partial charge < -0.3 is 10.6 Å². The van der Waals surface area contributed by atoms with Crippen LogP contribution in [0.3, 0.4) is 0 Å². The van der Waals surface area contributed by atoms with E-state index in [1.165, 1.54) is 18.2 Å². The van der Waals surface area contributed by atoms with E-state index in [2.05, 4.69) is 10.6 Å². The number of urea groups is 1. The number of hydroxylamine groups is 1. The first-order valence-corrected chi connectivity index (χ1v) is 11.8. The van der Waals surface area contributed by atoms with Crippen molar-refractivity contribution < 1.29 is 23.2 Å². The van der Waals surface area contributed by atoms with Crippen LogP contribution in [-0.4, -0.2) is 48.5 Å². The fourth-order valence-corrected chi connectivity index (χ4v) is 4.92. The van der Waals surface area contributed by atoms with Crippen molar-refractivity contribution in [3.05, 3.63) is 24.3 Å². The molecule has 9 nitrogen and oxygen atoms in total. The van der Waals surface area contributed by atoms with Crippen LogP contribution in [-0.2, 0) is 14.8 Å². The fourth-order valence-electron chi connectivity index (χ4n) is 3.09. The van der Waals surface area contributed by atoms with Crippen molar-refractivity contribution >= 4 is 27.6 Å². The molecule has 1 aromatic carbocycles. The van der Waals surface area contributed by atoms with Crippen molar-refractivity contribution in [1.82, 2.24) is 15.1 Å². The molecule has 176 valence electrons. The minimum Gasteiger partial charge on any atom is -0.336 e. The Balaban J connectivity index is 3.42. The molecule has 0 spiro atoms. The number of nitrogens with zero attached hydrogens (tertiary/aromatic N) is 1. The summed E-state index contributed by atoms with van der Waals surface area (Å²) in [6, 6.07) is 4.21. The summed E-state index contributed by atoms with van der Waals surface area (Å²) in [6.45, 7) is 12.8. The van der Waals surface area contributed by atoms with Crippen molar-refractivity contribution in [1.29, 1.82) is 0 Å². The normalized spacial score (nSPS) is 13.4. The molecule has 1 rings (SSSR count). The van der Waals surface area contributed by atoms with Crippen molar-refractivity contribution in [2.24, 2.45) is 11.3 Å². The molecule has 0 bridgehead atoms. The third-order valence-electron chi connectivity index (χ3n) is 4.51. The SMILES string of the molecule is CC(C)CCN([C@@H](C(=O)NO)C(C)(C)C)S(=O)(=O)c1cccc(NC(=O)NC(C)C)c1. The van der Waals surface area contributed by atoms with Crippen LogP contribution in [0.2, 0.25) is 0 Å². The minimum atomic E-state index is -4.13. The van der Waals surface area contributed by atoms with Gasteiger partial charge in [0.15, 0.2) is 0 Å². The van der Waals surface area contributed by atoms with Gasteiger partial charge in [-0.3, -0.25) is 10.0 Å². The number of anilines is 1. The molecule has 0 fully saturated rings. The van der Waals surface area contributed by atoms with Gasteiger partial charge in [-0.15, -0.1) is 0 Å². The summed E-state index contributed by atoms with van der Waals surface area (Å²) in [5, 5.41) is 14.6. The second kappa shape index (κ2) is 10.9. The summed E-state index contributed by atoms with van der Waals surface area (Å²) < 4.78 is 28.3. The predicted octanol–water partition coefficient (Wildman–Crippen LogP) is 3.17. The van der Waals surface area contributed by atoms with Gasteiger partial charge in [0.25, 0.3) is 5.91 Å². The van der Waals surface area contributed by atoms with Crippen molar-refractivity contribution in [2.75, 3.05) is 11.9 Å². The Labute approximate surface area is 185 Å². The lowest BCUT2D eigenvalue weighted by Crippen LogP contribution is -2.55. The van der Waals surface area contributed by atoms with E-state index in [0.717, 1.165) is 4.31 Å². The Hall–Kier alpha value is -2.17. The minimum absolute atomic E-state index is 0.0569. The zero-order valence-corrected chi connectivity index (χ0v) is 20.2. The summed E-state index contributed by atoms with van der Waals surface area (Å²) in [7, 11) is -4.13. The molecule has 0 unspecified atom stereocenters. The monoisotopic (exact) mass is 456 g/mol. The Morgan fingerprint density at radius 1 is 1.13 bits per heavy atom. The molecule has 0 aromatic heterocycles. The van der Waals surface area contributed by atoms with E-state index in [4.69, 9.17) is 0 Å². The Morgan fingerprint density at radius 2 is 1.74 bits per heavy atom.